The maximum absolute atomic E-state index is 14.7. The smallest absolute Gasteiger partial charge is 0.392 e. The Hall–Kier alpha value is -0.400. The summed E-state index contributed by atoms with van der Waals surface area (Å²) in [5, 5.41) is 14.7. The van der Waals surface area contributed by atoms with E-state index in [1.54, 1.807) is 13.8 Å². The molecule has 4 fully saturated rings. The van der Waals surface area contributed by atoms with Crippen LogP contribution in [-0.2, 0) is 0 Å². The third kappa shape index (κ3) is 5.55. The number of piperidine rings is 1. The molecule has 0 aromatic rings. The van der Waals surface area contributed by atoms with Gasteiger partial charge in [0.2, 0.25) is 0 Å². The number of nitrogens with zero attached hydrogens (tertiary/aromatic N) is 1. The normalized spacial score (nSPS) is 44.9. The van der Waals surface area contributed by atoms with Gasteiger partial charge in [-0.05, 0) is 87.9 Å². The van der Waals surface area contributed by atoms with Crippen LogP contribution >= 0.6 is 0 Å². The van der Waals surface area contributed by atoms with Crippen LogP contribution in [0.5, 0.6) is 0 Å². The summed E-state index contributed by atoms with van der Waals surface area (Å²) in [6, 6.07) is -0.0331. The third-order valence-corrected chi connectivity index (χ3v) is 9.76. The fourth-order valence-corrected chi connectivity index (χ4v) is 7.76. The molecule has 11 atom stereocenters. The first-order chi connectivity index (χ1) is 15.6. The molecule has 192 valence electrons. The monoisotopic (exact) mass is 476 g/mol. The van der Waals surface area contributed by atoms with Gasteiger partial charge in [0.05, 0.1) is 24.2 Å². The molecule has 4 rings (SSSR count). The topological polar surface area (TPSA) is 35.5 Å². The Kier molecular flexibility index (Phi) is 8.02. The fraction of sp³-hybridized carbons (Fsp3) is 1.00. The summed E-state index contributed by atoms with van der Waals surface area (Å²) in [6.07, 6.45) is 2.78. The Morgan fingerprint density at radius 2 is 1.73 bits per heavy atom. The van der Waals surface area contributed by atoms with Crippen LogP contribution in [0.1, 0.15) is 85.0 Å². The van der Waals surface area contributed by atoms with Crippen molar-refractivity contribution in [2.24, 2.45) is 35.5 Å². The van der Waals surface area contributed by atoms with E-state index in [0.717, 1.165) is 45.1 Å². The number of nitrogens with one attached hydrogen (secondary N) is 1. The van der Waals surface area contributed by atoms with E-state index in [-0.39, 0.29) is 42.4 Å². The molecular formula is C26H44F4N2O. The van der Waals surface area contributed by atoms with Crippen LogP contribution in [0.3, 0.4) is 0 Å². The summed E-state index contributed by atoms with van der Waals surface area (Å²) in [6.45, 7) is 6.63. The number of alkyl halides is 4. The van der Waals surface area contributed by atoms with Crippen LogP contribution in [0.15, 0.2) is 0 Å². The number of aliphatic hydroxyl groups excluding tert-OH is 1. The molecule has 0 aromatic heterocycles. The lowest BCUT2D eigenvalue weighted by Gasteiger charge is -2.45. The molecule has 33 heavy (non-hydrogen) atoms. The van der Waals surface area contributed by atoms with E-state index in [9.17, 15) is 22.7 Å². The first kappa shape index (κ1) is 25.7. The standard InChI is InChI=1S/C26H44F4N2O/c1-15-8-10-19(22(33)13-18-9-7-16(2)21(12-18)26(28,29)30)14-20(15)25-24(17(3)27)31-23-6-4-5-11-32(23)25/h15-25,31,33H,4-14H2,1-3H3. The van der Waals surface area contributed by atoms with Gasteiger partial charge < -0.3 is 5.11 Å². The molecule has 2 saturated heterocycles. The number of halogens is 4. The van der Waals surface area contributed by atoms with Crippen molar-refractivity contribution in [1.82, 2.24) is 10.2 Å². The summed E-state index contributed by atoms with van der Waals surface area (Å²) < 4.78 is 55.1. The van der Waals surface area contributed by atoms with Crippen molar-refractivity contribution in [2.45, 2.75) is 122 Å². The molecule has 2 N–H and O–H groups in total. The van der Waals surface area contributed by atoms with Gasteiger partial charge in [0.25, 0.3) is 0 Å². The average Bonchev–Trinajstić information content (AvgIpc) is 3.14. The van der Waals surface area contributed by atoms with Crippen molar-refractivity contribution in [3.63, 3.8) is 0 Å². The first-order valence-corrected chi connectivity index (χ1v) is 13.5. The maximum Gasteiger partial charge on any atom is 0.392 e. The SMILES string of the molecule is CC(F)C1NC2CCCCN2C1C1CC(C(O)CC2CCC(C)C(C(F)(F)F)C2)CCC1C. The van der Waals surface area contributed by atoms with Crippen LogP contribution in [0, 0.1) is 35.5 Å². The first-order valence-electron chi connectivity index (χ1n) is 13.5. The van der Waals surface area contributed by atoms with Crippen molar-refractivity contribution in [1.29, 1.82) is 0 Å². The number of hydrogen-bond donors (Lipinski definition) is 2. The largest absolute Gasteiger partial charge is 0.393 e. The summed E-state index contributed by atoms with van der Waals surface area (Å²) >= 11 is 0. The third-order valence-electron chi connectivity index (χ3n) is 9.76. The molecule has 0 amide bonds. The molecule has 7 heteroatoms. The van der Waals surface area contributed by atoms with E-state index in [2.05, 4.69) is 17.1 Å². The van der Waals surface area contributed by atoms with E-state index in [4.69, 9.17) is 0 Å². The van der Waals surface area contributed by atoms with Crippen LogP contribution in [-0.4, -0.2) is 53.3 Å². The Balaban J connectivity index is 1.41. The lowest BCUT2D eigenvalue weighted by molar-refractivity contribution is -0.199. The van der Waals surface area contributed by atoms with Crippen LogP contribution in [0.25, 0.3) is 0 Å². The maximum atomic E-state index is 14.7. The summed E-state index contributed by atoms with van der Waals surface area (Å²) in [4.78, 5) is 2.50. The number of rotatable bonds is 5. The highest BCUT2D eigenvalue weighted by molar-refractivity contribution is 5.05. The van der Waals surface area contributed by atoms with E-state index >= 15 is 0 Å². The Morgan fingerprint density at radius 3 is 2.42 bits per heavy atom. The van der Waals surface area contributed by atoms with Crippen molar-refractivity contribution < 1.29 is 22.7 Å². The van der Waals surface area contributed by atoms with Gasteiger partial charge in [0.15, 0.2) is 0 Å². The Labute approximate surface area is 197 Å². The highest BCUT2D eigenvalue weighted by Gasteiger charge is 2.51. The second-order valence-corrected chi connectivity index (χ2v) is 11.9. The molecule has 2 heterocycles. The van der Waals surface area contributed by atoms with Gasteiger partial charge >= 0.3 is 6.18 Å². The molecule has 0 aromatic carbocycles. The van der Waals surface area contributed by atoms with Gasteiger partial charge in [-0.1, -0.05) is 26.7 Å². The lowest BCUT2D eigenvalue weighted by Crippen LogP contribution is -2.51. The van der Waals surface area contributed by atoms with Gasteiger partial charge in [-0.3, -0.25) is 10.2 Å². The van der Waals surface area contributed by atoms with Gasteiger partial charge in [0, 0.05) is 12.6 Å². The summed E-state index contributed by atoms with van der Waals surface area (Å²) in [5.41, 5.74) is 0. The zero-order chi connectivity index (χ0) is 23.9. The molecule has 2 aliphatic carbocycles. The number of aliphatic hydroxyl groups is 1. The molecule has 0 radical (unpaired) electrons. The van der Waals surface area contributed by atoms with Crippen molar-refractivity contribution >= 4 is 0 Å². The van der Waals surface area contributed by atoms with Crippen LogP contribution in [0.4, 0.5) is 17.6 Å². The molecule has 11 unspecified atom stereocenters. The predicted molar refractivity (Wildman–Crippen MR) is 122 cm³/mol. The summed E-state index contributed by atoms with van der Waals surface area (Å²) in [5.74, 6) is -0.743. The van der Waals surface area contributed by atoms with E-state index < -0.39 is 24.4 Å². The van der Waals surface area contributed by atoms with Crippen LogP contribution in [0.2, 0.25) is 0 Å². The highest BCUT2D eigenvalue weighted by Crippen LogP contribution is 2.47. The minimum Gasteiger partial charge on any atom is -0.393 e. The molecule has 4 aliphatic rings. The zero-order valence-electron chi connectivity index (χ0n) is 20.5. The minimum absolute atomic E-state index is 0.0566. The molecule has 0 bridgehead atoms. The average molecular weight is 477 g/mol. The van der Waals surface area contributed by atoms with Crippen LogP contribution < -0.4 is 5.32 Å². The second kappa shape index (κ2) is 10.3. The van der Waals surface area contributed by atoms with Crippen molar-refractivity contribution in [3.8, 4) is 0 Å². The molecule has 2 saturated carbocycles. The van der Waals surface area contributed by atoms with Gasteiger partial charge in [-0.2, -0.15) is 13.2 Å². The number of hydrogen-bond acceptors (Lipinski definition) is 3. The van der Waals surface area contributed by atoms with Crippen molar-refractivity contribution in [2.75, 3.05) is 6.54 Å². The van der Waals surface area contributed by atoms with E-state index in [0.29, 0.717) is 24.7 Å². The van der Waals surface area contributed by atoms with E-state index in [1.807, 2.05) is 0 Å². The zero-order valence-corrected chi connectivity index (χ0v) is 20.5. The van der Waals surface area contributed by atoms with Gasteiger partial charge in [-0.25, -0.2) is 4.39 Å². The predicted octanol–water partition coefficient (Wildman–Crippen LogP) is 5.91. The summed E-state index contributed by atoms with van der Waals surface area (Å²) in [7, 11) is 0. The quantitative estimate of drug-likeness (QED) is 0.484. The molecule has 2 aliphatic heterocycles. The molecular weight excluding hydrogens is 432 g/mol. The van der Waals surface area contributed by atoms with Gasteiger partial charge in [0.1, 0.15) is 6.17 Å². The van der Waals surface area contributed by atoms with Gasteiger partial charge in [-0.15, -0.1) is 0 Å². The fourth-order valence-electron chi connectivity index (χ4n) is 7.76. The Morgan fingerprint density at radius 1 is 1.00 bits per heavy atom. The van der Waals surface area contributed by atoms with E-state index in [1.165, 1.54) is 6.42 Å². The molecule has 3 nitrogen and oxygen atoms in total. The highest BCUT2D eigenvalue weighted by atomic mass is 19.4. The lowest BCUT2D eigenvalue weighted by atomic mass is 9.66. The van der Waals surface area contributed by atoms with Crippen molar-refractivity contribution in [3.05, 3.63) is 0 Å². The molecule has 0 spiro atoms. The number of fused-ring (bicyclic) bond motifs is 1. The Bertz CT molecular complexity index is 642. The minimum atomic E-state index is -4.15. The second-order valence-electron chi connectivity index (χ2n) is 11.9.